The van der Waals surface area contributed by atoms with E-state index in [-0.39, 0.29) is 0 Å². The molecule has 196 valence electrons. The minimum atomic E-state index is 0.653. The highest BCUT2D eigenvalue weighted by Crippen LogP contribution is 2.29. The third kappa shape index (κ3) is 6.71. The molecule has 2 aromatic heterocycles. The SMILES string of the molecule is C=C/C(C=N)=C/C=N.Cc1ccc(-c2nc3ccc(C4=CCCC=C4)cn3c2CN2CCN(C)CC2)cc1. The molecule has 3 aromatic rings. The van der Waals surface area contributed by atoms with Crippen LogP contribution in [0.2, 0.25) is 0 Å². The lowest BCUT2D eigenvalue weighted by Crippen LogP contribution is -2.44. The smallest absolute Gasteiger partial charge is 0.137 e. The molecule has 5 rings (SSSR count). The van der Waals surface area contributed by atoms with Gasteiger partial charge in [-0.25, -0.2) is 4.98 Å². The molecule has 0 saturated carbocycles. The molecule has 1 saturated heterocycles. The van der Waals surface area contributed by atoms with E-state index in [4.69, 9.17) is 15.8 Å². The fourth-order valence-electron chi connectivity index (χ4n) is 4.67. The highest BCUT2D eigenvalue weighted by atomic mass is 15.3. The summed E-state index contributed by atoms with van der Waals surface area (Å²) in [6, 6.07) is 13.2. The summed E-state index contributed by atoms with van der Waals surface area (Å²) in [5.41, 5.74) is 9.15. The Labute approximate surface area is 226 Å². The summed E-state index contributed by atoms with van der Waals surface area (Å²) in [5.74, 6) is 0. The van der Waals surface area contributed by atoms with Gasteiger partial charge in [0, 0.05) is 56.9 Å². The number of likely N-dealkylation sites (N-methyl/N-ethyl adjacent to an activating group) is 1. The molecular weight excluding hydrogens is 468 g/mol. The quantitative estimate of drug-likeness (QED) is 0.297. The van der Waals surface area contributed by atoms with Gasteiger partial charge in [-0.15, -0.1) is 0 Å². The Balaban J connectivity index is 0.000000368. The van der Waals surface area contributed by atoms with Crippen LogP contribution in [0.1, 0.15) is 29.7 Å². The highest BCUT2D eigenvalue weighted by Gasteiger charge is 2.20. The zero-order valence-electron chi connectivity index (χ0n) is 22.5. The van der Waals surface area contributed by atoms with E-state index in [9.17, 15) is 0 Å². The molecule has 1 aromatic carbocycles. The molecule has 3 heterocycles. The number of hydrogen-bond acceptors (Lipinski definition) is 5. The Kier molecular flexibility index (Phi) is 9.35. The van der Waals surface area contributed by atoms with Gasteiger partial charge in [0.05, 0.1) is 11.4 Å². The second kappa shape index (κ2) is 13.1. The monoisotopic (exact) mass is 506 g/mol. The molecule has 0 amide bonds. The summed E-state index contributed by atoms with van der Waals surface area (Å²) in [7, 11) is 2.21. The van der Waals surface area contributed by atoms with Crippen LogP contribution in [0, 0.1) is 17.7 Å². The van der Waals surface area contributed by atoms with Crippen molar-refractivity contribution in [3.63, 3.8) is 0 Å². The van der Waals surface area contributed by atoms with Crippen LogP contribution in [0.25, 0.3) is 22.5 Å². The van der Waals surface area contributed by atoms with E-state index in [2.05, 4.69) is 95.6 Å². The fourth-order valence-corrected chi connectivity index (χ4v) is 4.67. The van der Waals surface area contributed by atoms with E-state index < -0.39 is 0 Å². The number of aromatic nitrogens is 2. The van der Waals surface area contributed by atoms with Crippen molar-refractivity contribution < 1.29 is 0 Å². The van der Waals surface area contributed by atoms with Crippen LogP contribution in [0.3, 0.4) is 0 Å². The molecule has 1 fully saturated rings. The summed E-state index contributed by atoms with van der Waals surface area (Å²) < 4.78 is 2.33. The van der Waals surface area contributed by atoms with E-state index in [0.29, 0.717) is 5.57 Å². The zero-order chi connectivity index (χ0) is 26.9. The second-order valence-electron chi connectivity index (χ2n) is 9.82. The van der Waals surface area contributed by atoms with Gasteiger partial charge in [-0.2, -0.15) is 0 Å². The molecule has 0 spiro atoms. The number of allylic oxidation sites excluding steroid dienone is 7. The molecule has 2 N–H and O–H groups in total. The lowest BCUT2D eigenvalue weighted by atomic mass is 10.0. The van der Waals surface area contributed by atoms with Crippen molar-refractivity contribution in [2.75, 3.05) is 33.2 Å². The van der Waals surface area contributed by atoms with Gasteiger partial charge in [0.1, 0.15) is 5.65 Å². The lowest BCUT2D eigenvalue weighted by Gasteiger charge is -2.32. The maximum absolute atomic E-state index is 6.70. The Morgan fingerprint density at radius 2 is 1.74 bits per heavy atom. The van der Waals surface area contributed by atoms with E-state index in [1.807, 2.05) is 0 Å². The normalized spacial score (nSPS) is 16.5. The predicted octanol–water partition coefficient (Wildman–Crippen LogP) is 6.19. The molecule has 1 aliphatic heterocycles. The van der Waals surface area contributed by atoms with E-state index in [1.54, 1.807) is 0 Å². The largest absolute Gasteiger partial charge is 0.309 e. The van der Waals surface area contributed by atoms with Crippen molar-refractivity contribution in [3.05, 3.63) is 102 Å². The first-order valence-corrected chi connectivity index (χ1v) is 13.2. The molecule has 38 heavy (non-hydrogen) atoms. The number of nitrogens with one attached hydrogen (secondary N) is 2. The van der Waals surface area contributed by atoms with E-state index in [1.165, 1.54) is 40.1 Å². The van der Waals surface area contributed by atoms with Gasteiger partial charge in [0.2, 0.25) is 0 Å². The van der Waals surface area contributed by atoms with Crippen LogP contribution in [-0.2, 0) is 6.54 Å². The summed E-state index contributed by atoms with van der Waals surface area (Å²) in [5, 5.41) is 13.3. The van der Waals surface area contributed by atoms with Gasteiger partial charge < -0.3 is 20.1 Å². The number of hydrogen-bond donors (Lipinski definition) is 2. The summed E-state index contributed by atoms with van der Waals surface area (Å²) >= 11 is 0. The van der Waals surface area contributed by atoms with Gasteiger partial charge >= 0.3 is 0 Å². The predicted molar refractivity (Wildman–Crippen MR) is 160 cm³/mol. The summed E-state index contributed by atoms with van der Waals surface area (Å²) in [6.07, 6.45) is 16.7. The van der Waals surface area contributed by atoms with Crippen molar-refractivity contribution >= 4 is 23.6 Å². The molecule has 0 radical (unpaired) electrons. The van der Waals surface area contributed by atoms with Crippen molar-refractivity contribution in [3.8, 4) is 11.3 Å². The van der Waals surface area contributed by atoms with Crippen molar-refractivity contribution in [1.29, 1.82) is 10.8 Å². The number of aryl methyl sites for hydroxylation is 1. The van der Waals surface area contributed by atoms with Crippen molar-refractivity contribution in [2.24, 2.45) is 0 Å². The summed E-state index contributed by atoms with van der Waals surface area (Å²) in [4.78, 5) is 10.0. The first-order valence-electron chi connectivity index (χ1n) is 13.2. The van der Waals surface area contributed by atoms with Crippen LogP contribution in [0.15, 0.2) is 85.1 Å². The van der Waals surface area contributed by atoms with Crippen molar-refractivity contribution in [1.82, 2.24) is 19.2 Å². The minimum Gasteiger partial charge on any atom is -0.309 e. The van der Waals surface area contributed by atoms with Crippen LogP contribution in [0.5, 0.6) is 0 Å². The highest BCUT2D eigenvalue weighted by molar-refractivity contribution is 5.86. The summed E-state index contributed by atoms with van der Waals surface area (Å²) in [6.45, 7) is 10.9. The standard InChI is InChI=1S/C26H30N4.C6H8N2/c1-20-8-10-22(11-9-20)26-24(19-29-16-14-28(2)15-17-29)30-18-23(12-13-25(30)27-26)21-6-4-3-5-7-21;1-2-6(5-8)3-4-7/h4,6-13,18H,3,5,14-17,19H2,1-2H3;2-5,7-8H,1H2/b;6-3-,7-4?,8-5?. The molecule has 0 unspecified atom stereocenters. The topological polar surface area (TPSA) is 71.5 Å². The Bertz CT molecular complexity index is 1350. The maximum Gasteiger partial charge on any atom is 0.137 e. The zero-order valence-corrected chi connectivity index (χ0v) is 22.5. The third-order valence-corrected chi connectivity index (χ3v) is 7.02. The average Bonchev–Trinajstić information content (AvgIpc) is 3.31. The molecule has 0 bridgehead atoms. The molecular formula is C32H38N6. The van der Waals surface area contributed by atoms with Gasteiger partial charge in [-0.1, -0.05) is 60.7 Å². The second-order valence-corrected chi connectivity index (χ2v) is 9.82. The van der Waals surface area contributed by atoms with Gasteiger partial charge in [0.15, 0.2) is 0 Å². The first kappa shape index (κ1) is 27.2. The molecule has 1 aliphatic carbocycles. The fraction of sp³-hybridized carbons (Fsp3) is 0.281. The molecule has 6 heteroatoms. The van der Waals surface area contributed by atoms with Gasteiger partial charge in [-0.05, 0) is 61.7 Å². The molecule has 6 nitrogen and oxygen atoms in total. The number of pyridine rings is 1. The number of piperazine rings is 1. The number of nitrogens with zero attached hydrogens (tertiary/aromatic N) is 4. The van der Waals surface area contributed by atoms with Gasteiger partial charge in [0.25, 0.3) is 0 Å². The van der Waals surface area contributed by atoms with Crippen LogP contribution < -0.4 is 0 Å². The number of fused-ring (bicyclic) bond motifs is 1. The minimum absolute atomic E-state index is 0.653. The lowest BCUT2D eigenvalue weighted by molar-refractivity contribution is 0.147. The van der Waals surface area contributed by atoms with Crippen LogP contribution in [-0.4, -0.2) is 64.8 Å². The van der Waals surface area contributed by atoms with Crippen molar-refractivity contribution in [2.45, 2.75) is 26.3 Å². The van der Waals surface area contributed by atoms with Gasteiger partial charge in [-0.3, -0.25) is 4.90 Å². The Hall–Kier alpha value is -3.87. The van der Waals surface area contributed by atoms with E-state index in [0.717, 1.165) is 69.3 Å². The number of benzene rings is 1. The van der Waals surface area contributed by atoms with Crippen LogP contribution >= 0.6 is 0 Å². The first-order chi connectivity index (χ1) is 18.5. The Morgan fingerprint density at radius 1 is 1.00 bits per heavy atom. The average molecular weight is 507 g/mol. The third-order valence-electron chi connectivity index (χ3n) is 7.02. The number of imidazole rings is 1. The number of rotatable bonds is 7. The maximum atomic E-state index is 6.70. The molecule has 0 atom stereocenters. The molecule has 2 aliphatic rings. The Morgan fingerprint density at radius 3 is 2.34 bits per heavy atom. The van der Waals surface area contributed by atoms with E-state index >= 15 is 0 Å². The van der Waals surface area contributed by atoms with Crippen LogP contribution in [0.4, 0.5) is 0 Å².